The first-order valence-electron chi connectivity index (χ1n) is 12.3. The van der Waals surface area contributed by atoms with Crippen molar-refractivity contribution in [3.63, 3.8) is 0 Å². The SMILES string of the molecule is CC(=O)c1nn(CC(=O)N2C[C@H](F)C[C@H]2C(=O)Nc2cccc(C(F)(F)F)n2)c2ccc(-c3cnc(N)nc3)cc12. The Bertz CT molecular complexity index is 1650. The molecule has 4 heterocycles. The maximum absolute atomic E-state index is 14.4. The average Bonchev–Trinajstić information content (AvgIpc) is 3.49. The third-order valence-corrected chi connectivity index (χ3v) is 6.54. The molecule has 1 fully saturated rings. The van der Waals surface area contributed by atoms with Crippen LogP contribution < -0.4 is 11.1 Å². The highest BCUT2D eigenvalue weighted by Gasteiger charge is 2.40. The molecule has 1 saturated heterocycles. The largest absolute Gasteiger partial charge is 0.433 e. The van der Waals surface area contributed by atoms with Crippen LogP contribution in [0.25, 0.3) is 22.0 Å². The van der Waals surface area contributed by atoms with Gasteiger partial charge in [0.15, 0.2) is 5.78 Å². The van der Waals surface area contributed by atoms with Gasteiger partial charge in [-0.2, -0.15) is 18.3 Å². The van der Waals surface area contributed by atoms with Gasteiger partial charge in [-0.05, 0) is 29.8 Å². The van der Waals surface area contributed by atoms with E-state index in [1.807, 2.05) is 0 Å². The van der Waals surface area contributed by atoms with E-state index < -0.39 is 49.0 Å². The first-order chi connectivity index (χ1) is 19.4. The minimum atomic E-state index is -4.73. The Labute approximate surface area is 229 Å². The van der Waals surface area contributed by atoms with E-state index >= 15 is 0 Å². The molecule has 212 valence electrons. The number of hydrogen-bond acceptors (Lipinski definition) is 8. The Morgan fingerprint density at radius 2 is 1.83 bits per heavy atom. The van der Waals surface area contributed by atoms with Crippen LogP contribution in [0.4, 0.5) is 29.3 Å². The summed E-state index contributed by atoms with van der Waals surface area (Å²) in [5, 5.41) is 6.99. The number of fused-ring (bicyclic) bond motifs is 1. The van der Waals surface area contributed by atoms with Gasteiger partial charge in [0, 0.05) is 36.7 Å². The number of likely N-dealkylation sites (tertiary alicyclic amines) is 1. The van der Waals surface area contributed by atoms with Crippen molar-refractivity contribution in [1.82, 2.24) is 29.6 Å². The smallest absolute Gasteiger partial charge is 0.368 e. The topological polar surface area (TPSA) is 149 Å². The number of ketones is 1. The van der Waals surface area contributed by atoms with Crippen molar-refractivity contribution in [1.29, 1.82) is 0 Å². The fourth-order valence-corrected chi connectivity index (χ4v) is 4.63. The van der Waals surface area contributed by atoms with Crippen LogP contribution in [-0.2, 0) is 22.3 Å². The molecule has 4 aromatic rings. The third-order valence-electron chi connectivity index (χ3n) is 6.54. The molecule has 1 aromatic carbocycles. The fraction of sp³-hybridized carbons (Fsp3) is 0.269. The van der Waals surface area contributed by atoms with Gasteiger partial charge in [-0.15, -0.1) is 0 Å². The highest BCUT2D eigenvalue weighted by molar-refractivity contribution is 6.06. The monoisotopic (exact) mass is 570 g/mol. The Morgan fingerprint density at radius 3 is 2.51 bits per heavy atom. The summed E-state index contributed by atoms with van der Waals surface area (Å²) in [4.78, 5) is 50.9. The number of rotatable bonds is 6. The van der Waals surface area contributed by atoms with E-state index in [9.17, 15) is 31.9 Å². The van der Waals surface area contributed by atoms with Crippen LogP contribution in [0.3, 0.4) is 0 Å². The highest BCUT2D eigenvalue weighted by Crippen LogP contribution is 2.30. The molecule has 1 aliphatic rings. The van der Waals surface area contributed by atoms with E-state index in [-0.39, 0.29) is 29.7 Å². The molecule has 0 aliphatic carbocycles. The van der Waals surface area contributed by atoms with Crippen molar-refractivity contribution in [3.05, 3.63) is 60.2 Å². The highest BCUT2D eigenvalue weighted by atomic mass is 19.4. The first kappa shape index (κ1) is 27.6. The number of aromatic nitrogens is 5. The molecule has 0 unspecified atom stereocenters. The number of Topliss-reactive ketones (excluding diaryl/α,β-unsaturated/α-hetero) is 1. The number of halogens is 4. The molecule has 3 aromatic heterocycles. The number of nitrogens with zero attached hydrogens (tertiary/aromatic N) is 6. The van der Waals surface area contributed by atoms with Gasteiger partial charge in [-0.3, -0.25) is 19.1 Å². The van der Waals surface area contributed by atoms with Crippen LogP contribution in [0.15, 0.2) is 48.8 Å². The van der Waals surface area contributed by atoms with Crippen LogP contribution in [0.5, 0.6) is 0 Å². The molecule has 0 radical (unpaired) electrons. The van der Waals surface area contributed by atoms with Gasteiger partial charge in [0.05, 0.1) is 12.1 Å². The molecule has 0 spiro atoms. The first-order valence-corrected chi connectivity index (χ1v) is 12.3. The third kappa shape index (κ3) is 5.69. The van der Waals surface area contributed by atoms with Crippen molar-refractivity contribution >= 4 is 40.3 Å². The van der Waals surface area contributed by atoms with Gasteiger partial charge in [0.2, 0.25) is 17.8 Å². The molecule has 5 rings (SSSR count). The van der Waals surface area contributed by atoms with Gasteiger partial charge in [-0.25, -0.2) is 19.3 Å². The molecule has 41 heavy (non-hydrogen) atoms. The zero-order chi connectivity index (χ0) is 29.5. The number of nitrogens with two attached hydrogens (primary N) is 1. The maximum atomic E-state index is 14.4. The Kier molecular flexibility index (Phi) is 7.11. The summed E-state index contributed by atoms with van der Waals surface area (Å²) in [5.41, 5.74) is 6.18. The maximum Gasteiger partial charge on any atom is 0.433 e. The number of benzene rings is 1. The number of alkyl halides is 4. The predicted molar refractivity (Wildman–Crippen MR) is 138 cm³/mol. The average molecular weight is 571 g/mol. The fourth-order valence-electron chi connectivity index (χ4n) is 4.63. The Balaban J connectivity index is 1.39. The molecule has 0 saturated carbocycles. The lowest BCUT2D eigenvalue weighted by molar-refractivity contribution is -0.141. The molecule has 1 aliphatic heterocycles. The molecule has 0 bridgehead atoms. The standard InChI is InChI=1S/C26H22F4N8O3/c1-13(39)23-17-7-14(15-9-32-25(31)33-10-15)5-6-18(17)38(36-23)12-22(40)37-11-16(27)8-19(37)24(41)35-21-4-2-3-20(34-21)26(28,29)30/h2-7,9-10,16,19H,8,11-12H2,1H3,(H2,31,32,33)(H,34,35,41)/t16-,19+/m1/s1. The summed E-state index contributed by atoms with van der Waals surface area (Å²) < 4.78 is 54.7. The summed E-state index contributed by atoms with van der Waals surface area (Å²) in [5.74, 6) is -2.19. The molecule has 3 N–H and O–H groups in total. The lowest BCUT2D eigenvalue weighted by Crippen LogP contribution is -2.44. The molecular weight excluding hydrogens is 548 g/mol. The second kappa shape index (κ2) is 10.6. The van der Waals surface area contributed by atoms with E-state index in [4.69, 9.17) is 5.73 Å². The number of nitrogen functional groups attached to an aromatic ring is 1. The van der Waals surface area contributed by atoms with E-state index in [1.165, 1.54) is 24.0 Å². The minimum Gasteiger partial charge on any atom is -0.368 e. The van der Waals surface area contributed by atoms with Crippen LogP contribution in [0.2, 0.25) is 0 Å². The molecular formula is C26H22F4N8O3. The number of hydrogen-bond donors (Lipinski definition) is 2. The van der Waals surface area contributed by atoms with Gasteiger partial charge in [-0.1, -0.05) is 12.1 Å². The molecule has 11 nitrogen and oxygen atoms in total. The van der Waals surface area contributed by atoms with Gasteiger partial charge in [0.1, 0.15) is 36.0 Å². The van der Waals surface area contributed by atoms with Crippen LogP contribution in [0.1, 0.15) is 29.5 Å². The molecule has 2 atom stereocenters. The van der Waals surface area contributed by atoms with Gasteiger partial charge in [0.25, 0.3) is 0 Å². The zero-order valence-corrected chi connectivity index (χ0v) is 21.4. The summed E-state index contributed by atoms with van der Waals surface area (Å²) >= 11 is 0. The van der Waals surface area contributed by atoms with Crippen LogP contribution in [0, 0.1) is 0 Å². The Morgan fingerprint density at radius 1 is 1.10 bits per heavy atom. The quantitative estimate of drug-likeness (QED) is 0.265. The van der Waals surface area contributed by atoms with Crippen LogP contribution >= 0.6 is 0 Å². The van der Waals surface area contributed by atoms with E-state index in [2.05, 4.69) is 25.4 Å². The molecule has 2 amide bonds. The summed E-state index contributed by atoms with van der Waals surface area (Å²) in [6.45, 7) is 0.503. The minimum absolute atomic E-state index is 0.0979. The van der Waals surface area contributed by atoms with Gasteiger partial charge < -0.3 is 16.0 Å². The van der Waals surface area contributed by atoms with E-state index in [0.717, 1.165) is 23.1 Å². The molecule has 15 heteroatoms. The van der Waals surface area contributed by atoms with E-state index in [1.54, 1.807) is 18.2 Å². The Hall–Kier alpha value is -4.95. The predicted octanol–water partition coefficient (Wildman–Crippen LogP) is 3.27. The number of carbonyl (C=O) groups excluding carboxylic acids is 3. The second-order valence-electron chi connectivity index (χ2n) is 9.41. The van der Waals surface area contributed by atoms with Crippen molar-refractivity contribution in [2.45, 2.75) is 38.3 Å². The second-order valence-corrected chi connectivity index (χ2v) is 9.41. The zero-order valence-electron chi connectivity index (χ0n) is 21.4. The van der Waals surface area contributed by atoms with Gasteiger partial charge >= 0.3 is 6.18 Å². The summed E-state index contributed by atoms with van der Waals surface area (Å²) in [6, 6.07) is 6.75. The number of anilines is 2. The van der Waals surface area contributed by atoms with Crippen molar-refractivity contribution in [3.8, 4) is 11.1 Å². The summed E-state index contributed by atoms with van der Waals surface area (Å²) in [7, 11) is 0. The van der Waals surface area contributed by atoms with E-state index in [0.29, 0.717) is 22.0 Å². The van der Waals surface area contributed by atoms with Crippen molar-refractivity contribution in [2.24, 2.45) is 0 Å². The van der Waals surface area contributed by atoms with Crippen LogP contribution in [-0.4, -0.2) is 66.0 Å². The lowest BCUT2D eigenvalue weighted by Gasteiger charge is -2.23. The number of carbonyl (C=O) groups is 3. The lowest BCUT2D eigenvalue weighted by atomic mass is 10.0. The van der Waals surface area contributed by atoms with Crippen molar-refractivity contribution < 1.29 is 31.9 Å². The number of pyridine rings is 1. The van der Waals surface area contributed by atoms with Crippen molar-refractivity contribution in [2.75, 3.05) is 17.6 Å². The summed E-state index contributed by atoms with van der Waals surface area (Å²) in [6.07, 6.45) is -3.56. The number of nitrogens with one attached hydrogen (secondary N) is 1. The normalized spacial score (nSPS) is 17.1. The number of amides is 2.